The Morgan fingerprint density at radius 3 is 1.79 bits per heavy atom. The van der Waals surface area contributed by atoms with Crippen molar-refractivity contribution in [2.45, 2.75) is 47.1 Å². The van der Waals surface area contributed by atoms with Crippen molar-refractivity contribution in [1.82, 2.24) is 0 Å². The van der Waals surface area contributed by atoms with E-state index < -0.39 is 11.7 Å². The fourth-order valence-corrected chi connectivity index (χ4v) is 2.22. The van der Waals surface area contributed by atoms with Gasteiger partial charge in [0.05, 0.1) is 11.4 Å². The molecule has 2 rings (SSSR count). The van der Waals surface area contributed by atoms with E-state index in [-0.39, 0.29) is 11.8 Å². The Hall–Kier alpha value is -3.35. The molecule has 7 heteroatoms. The summed E-state index contributed by atoms with van der Waals surface area (Å²) in [5.41, 5.74) is 1.26. The van der Waals surface area contributed by atoms with Crippen LogP contribution < -0.4 is 16.0 Å². The van der Waals surface area contributed by atoms with Gasteiger partial charge in [-0.3, -0.25) is 14.9 Å². The molecule has 0 heterocycles. The van der Waals surface area contributed by atoms with Gasteiger partial charge in [0.2, 0.25) is 5.91 Å². The molecule has 0 fully saturated rings. The highest BCUT2D eigenvalue weighted by atomic mass is 16.6. The van der Waals surface area contributed by atoms with Gasteiger partial charge in [0.1, 0.15) is 5.60 Å². The summed E-state index contributed by atoms with van der Waals surface area (Å²) in [7, 11) is 0. The first-order valence-corrected chi connectivity index (χ1v) is 9.42. The largest absolute Gasteiger partial charge is 0.444 e. The normalized spacial score (nSPS) is 10.1. The number of benzene rings is 2. The number of para-hydroxylation sites is 2. The summed E-state index contributed by atoms with van der Waals surface area (Å²) < 4.78 is 5.23. The number of amides is 3. The molecule has 29 heavy (non-hydrogen) atoms. The van der Waals surface area contributed by atoms with Gasteiger partial charge in [-0.1, -0.05) is 26.0 Å². The topological polar surface area (TPSA) is 96.5 Å². The number of hydrogen-bond acceptors (Lipinski definition) is 4. The van der Waals surface area contributed by atoms with Gasteiger partial charge in [-0.2, -0.15) is 0 Å². The van der Waals surface area contributed by atoms with Gasteiger partial charge in [-0.15, -0.1) is 0 Å². The molecular weight excluding hydrogens is 370 g/mol. The van der Waals surface area contributed by atoms with E-state index in [0.29, 0.717) is 22.6 Å². The third kappa shape index (κ3) is 8.47. The Balaban J connectivity index is 0.00000204. The van der Waals surface area contributed by atoms with E-state index in [2.05, 4.69) is 16.0 Å². The Morgan fingerprint density at radius 1 is 0.793 bits per heavy atom. The van der Waals surface area contributed by atoms with Crippen molar-refractivity contribution in [3.63, 3.8) is 0 Å². The summed E-state index contributed by atoms with van der Waals surface area (Å²) in [5, 5.41) is 8.03. The molecule has 0 saturated heterocycles. The van der Waals surface area contributed by atoms with Gasteiger partial charge in [0.25, 0.3) is 5.91 Å². The van der Waals surface area contributed by atoms with Crippen LogP contribution >= 0.6 is 0 Å². The molecule has 0 aliphatic rings. The maximum absolute atomic E-state index is 12.5. The lowest BCUT2D eigenvalue weighted by Gasteiger charge is -2.20. The first-order valence-electron chi connectivity index (χ1n) is 9.42. The van der Waals surface area contributed by atoms with Crippen molar-refractivity contribution >= 4 is 35.0 Å². The number of ether oxygens (including phenoxy) is 1. The highest BCUT2D eigenvalue weighted by Crippen LogP contribution is 2.23. The van der Waals surface area contributed by atoms with Crippen LogP contribution in [-0.4, -0.2) is 23.5 Å². The third-order valence-corrected chi connectivity index (χ3v) is 3.28. The minimum absolute atomic E-state index is 0.186. The number of nitrogens with one attached hydrogen (secondary N) is 3. The SMILES string of the molecule is CC.CC(=O)Nc1ccc(C(=O)Nc2ccccc2NC(=O)OC(C)(C)C)cc1. The van der Waals surface area contributed by atoms with E-state index in [4.69, 9.17) is 4.74 Å². The molecular formula is C22H29N3O4. The maximum Gasteiger partial charge on any atom is 0.412 e. The summed E-state index contributed by atoms with van der Waals surface area (Å²) in [6.07, 6.45) is -0.608. The molecule has 0 saturated carbocycles. The summed E-state index contributed by atoms with van der Waals surface area (Å²) in [6, 6.07) is 13.3. The number of anilines is 3. The van der Waals surface area contributed by atoms with Crippen LogP contribution in [0, 0.1) is 0 Å². The van der Waals surface area contributed by atoms with E-state index in [0.717, 1.165) is 0 Å². The van der Waals surface area contributed by atoms with Crippen LogP contribution in [0.15, 0.2) is 48.5 Å². The highest BCUT2D eigenvalue weighted by molar-refractivity contribution is 6.07. The lowest BCUT2D eigenvalue weighted by molar-refractivity contribution is -0.114. The Bertz CT molecular complexity index is 840. The molecule has 7 nitrogen and oxygen atoms in total. The molecule has 0 atom stereocenters. The molecule has 0 aromatic heterocycles. The lowest BCUT2D eigenvalue weighted by atomic mass is 10.1. The van der Waals surface area contributed by atoms with E-state index in [1.807, 2.05) is 13.8 Å². The average molecular weight is 399 g/mol. The monoisotopic (exact) mass is 399 g/mol. The molecule has 0 bridgehead atoms. The molecule has 3 N–H and O–H groups in total. The van der Waals surface area contributed by atoms with Crippen LogP contribution in [-0.2, 0) is 9.53 Å². The Labute approximate surface area is 171 Å². The Morgan fingerprint density at radius 2 is 1.31 bits per heavy atom. The van der Waals surface area contributed by atoms with Crippen molar-refractivity contribution in [2.75, 3.05) is 16.0 Å². The average Bonchev–Trinajstić information content (AvgIpc) is 2.63. The number of carbonyl (C=O) groups excluding carboxylic acids is 3. The molecule has 0 aliphatic heterocycles. The molecule has 3 amide bonds. The lowest BCUT2D eigenvalue weighted by Crippen LogP contribution is -2.27. The number of rotatable bonds is 4. The van der Waals surface area contributed by atoms with E-state index in [1.54, 1.807) is 69.3 Å². The second-order valence-corrected chi connectivity index (χ2v) is 6.89. The summed E-state index contributed by atoms with van der Waals surface area (Å²) in [6.45, 7) is 10.7. The van der Waals surface area contributed by atoms with Gasteiger partial charge in [-0.25, -0.2) is 4.79 Å². The third-order valence-electron chi connectivity index (χ3n) is 3.28. The quantitative estimate of drug-likeness (QED) is 0.652. The molecule has 156 valence electrons. The van der Waals surface area contributed by atoms with Gasteiger partial charge in [0, 0.05) is 18.2 Å². The second kappa shape index (κ2) is 10.8. The fourth-order valence-electron chi connectivity index (χ4n) is 2.22. The van der Waals surface area contributed by atoms with Crippen LogP contribution in [0.3, 0.4) is 0 Å². The van der Waals surface area contributed by atoms with Crippen LogP contribution in [0.25, 0.3) is 0 Å². The van der Waals surface area contributed by atoms with Crippen molar-refractivity contribution in [3.8, 4) is 0 Å². The molecule has 0 unspecified atom stereocenters. The molecule has 0 aliphatic carbocycles. The van der Waals surface area contributed by atoms with Crippen LogP contribution in [0.2, 0.25) is 0 Å². The van der Waals surface area contributed by atoms with Crippen molar-refractivity contribution in [1.29, 1.82) is 0 Å². The van der Waals surface area contributed by atoms with Crippen molar-refractivity contribution in [3.05, 3.63) is 54.1 Å². The van der Waals surface area contributed by atoms with Gasteiger partial charge < -0.3 is 15.4 Å². The smallest absolute Gasteiger partial charge is 0.412 e. The fraction of sp³-hybridized carbons (Fsp3) is 0.318. The maximum atomic E-state index is 12.5. The first kappa shape index (κ1) is 23.7. The minimum Gasteiger partial charge on any atom is -0.444 e. The standard InChI is InChI=1S/C20H23N3O4.C2H6/c1-13(24)21-15-11-9-14(10-12-15)18(25)22-16-7-5-6-8-17(16)23-19(26)27-20(2,3)4;1-2/h5-12H,1-4H3,(H,21,24)(H,22,25)(H,23,26);1-2H3. The van der Waals surface area contributed by atoms with Gasteiger partial charge in [-0.05, 0) is 57.2 Å². The van der Waals surface area contributed by atoms with Crippen molar-refractivity contribution < 1.29 is 19.1 Å². The number of hydrogen-bond donors (Lipinski definition) is 3. The predicted octanol–water partition coefficient (Wildman–Crippen LogP) is 5.27. The Kier molecular flexibility index (Phi) is 8.86. The minimum atomic E-state index is -0.627. The molecule has 0 spiro atoms. The zero-order valence-electron chi connectivity index (χ0n) is 17.8. The van der Waals surface area contributed by atoms with Crippen LogP contribution in [0.1, 0.15) is 51.9 Å². The van der Waals surface area contributed by atoms with Crippen LogP contribution in [0.4, 0.5) is 21.9 Å². The predicted molar refractivity (Wildman–Crippen MR) is 116 cm³/mol. The van der Waals surface area contributed by atoms with E-state index >= 15 is 0 Å². The van der Waals surface area contributed by atoms with Gasteiger partial charge in [0.15, 0.2) is 0 Å². The summed E-state index contributed by atoms with van der Waals surface area (Å²) in [4.78, 5) is 35.5. The van der Waals surface area contributed by atoms with Gasteiger partial charge >= 0.3 is 6.09 Å². The summed E-state index contributed by atoms with van der Waals surface area (Å²) in [5.74, 6) is -0.530. The molecule has 2 aromatic carbocycles. The molecule has 2 aromatic rings. The second-order valence-electron chi connectivity index (χ2n) is 6.89. The zero-order valence-corrected chi connectivity index (χ0v) is 17.8. The molecule has 0 radical (unpaired) electrons. The number of carbonyl (C=O) groups is 3. The summed E-state index contributed by atoms with van der Waals surface area (Å²) >= 11 is 0. The van der Waals surface area contributed by atoms with E-state index in [1.165, 1.54) is 6.92 Å². The zero-order chi connectivity index (χ0) is 22.0. The first-order chi connectivity index (χ1) is 13.6. The van der Waals surface area contributed by atoms with E-state index in [9.17, 15) is 14.4 Å². The highest BCUT2D eigenvalue weighted by Gasteiger charge is 2.17. The van der Waals surface area contributed by atoms with Crippen LogP contribution in [0.5, 0.6) is 0 Å². The van der Waals surface area contributed by atoms with Crippen molar-refractivity contribution in [2.24, 2.45) is 0 Å².